The zero-order valence-corrected chi connectivity index (χ0v) is 21.1. The number of nitrogens with one attached hydrogen (secondary N) is 1. The van der Waals surface area contributed by atoms with Gasteiger partial charge in [-0.1, -0.05) is 13.8 Å². The lowest BCUT2D eigenvalue weighted by atomic mass is 10.2. The van der Waals surface area contributed by atoms with Crippen molar-refractivity contribution in [2.45, 2.75) is 52.2 Å². The highest BCUT2D eigenvalue weighted by Crippen LogP contribution is 2.45. The Balaban J connectivity index is 1.61. The first-order chi connectivity index (χ1) is 15.0. The minimum Gasteiger partial charge on any atom is -0.358 e. The zero-order valence-electron chi connectivity index (χ0n) is 18.1. The fourth-order valence-corrected chi connectivity index (χ4v) is 7.52. The predicted molar refractivity (Wildman–Crippen MR) is 134 cm³/mol. The molecule has 0 radical (unpaired) electrons. The SMILES string of the molecule is CCCP(=O)(CCC)c1ccc(Nc2nc(I)nc3c2ncn3C2CCCCO2)cc1. The van der Waals surface area contributed by atoms with Gasteiger partial charge in [-0.2, -0.15) is 0 Å². The fourth-order valence-electron chi connectivity index (χ4n) is 4.18. The van der Waals surface area contributed by atoms with Crippen molar-refractivity contribution in [3.8, 4) is 0 Å². The molecule has 1 aliphatic rings. The second kappa shape index (κ2) is 9.96. The number of fused-ring (bicyclic) bond motifs is 1. The van der Waals surface area contributed by atoms with Crippen LogP contribution in [-0.2, 0) is 9.30 Å². The highest BCUT2D eigenvalue weighted by molar-refractivity contribution is 14.1. The van der Waals surface area contributed by atoms with Crippen LogP contribution in [0.3, 0.4) is 0 Å². The van der Waals surface area contributed by atoms with Crippen LogP contribution in [0.25, 0.3) is 11.2 Å². The molecule has 1 N–H and O–H groups in total. The third-order valence-corrected chi connectivity index (χ3v) is 9.69. The molecule has 1 unspecified atom stereocenters. The summed E-state index contributed by atoms with van der Waals surface area (Å²) in [7, 11) is -2.32. The minimum absolute atomic E-state index is 0.0251. The summed E-state index contributed by atoms with van der Waals surface area (Å²) in [6.07, 6.45) is 8.37. The summed E-state index contributed by atoms with van der Waals surface area (Å²) in [4.78, 5) is 13.8. The van der Waals surface area contributed by atoms with Crippen molar-refractivity contribution < 1.29 is 9.30 Å². The molecule has 0 aliphatic carbocycles. The van der Waals surface area contributed by atoms with E-state index in [0.717, 1.165) is 73.2 Å². The number of halogens is 1. The third kappa shape index (κ3) is 4.96. The Bertz CT molecular complexity index is 1070. The van der Waals surface area contributed by atoms with Crippen LogP contribution < -0.4 is 10.6 Å². The number of aromatic nitrogens is 4. The summed E-state index contributed by atoms with van der Waals surface area (Å²) in [5.41, 5.74) is 2.39. The highest BCUT2D eigenvalue weighted by atomic mass is 127. The summed E-state index contributed by atoms with van der Waals surface area (Å²) in [6.45, 7) is 4.96. The van der Waals surface area contributed by atoms with E-state index < -0.39 is 7.14 Å². The number of nitrogens with zero attached hydrogens (tertiary/aromatic N) is 4. The van der Waals surface area contributed by atoms with Crippen molar-refractivity contribution in [1.29, 1.82) is 0 Å². The molecule has 2 aromatic heterocycles. The molecule has 9 heteroatoms. The largest absolute Gasteiger partial charge is 0.358 e. The van der Waals surface area contributed by atoms with Gasteiger partial charge in [-0.05, 0) is 56.4 Å². The number of rotatable bonds is 8. The molecular weight excluding hydrogens is 524 g/mol. The lowest BCUT2D eigenvalue weighted by Crippen LogP contribution is -2.18. The first kappa shape index (κ1) is 22.7. The summed E-state index contributed by atoms with van der Waals surface area (Å²) in [6, 6.07) is 7.95. The molecule has 1 atom stereocenters. The summed E-state index contributed by atoms with van der Waals surface area (Å²) >= 11 is 2.13. The molecule has 7 nitrogen and oxygen atoms in total. The molecular formula is C22H29IN5O2P. The van der Waals surface area contributed by atoms with Crippen molar-refractivity contribution in [3.05, 3.63) is 34.4 Å². The first-order valence-corrected chi connectivity index (χ1v) is 14.2. The normalized spacial score (nSPS) is 17.2. The molecule has 1 aliphatic heterocycles. The van der Waals surface area contributed by atoms with E-state index in [1.165, 1.54) is 0 Å². The third-order valence-electron chi connectivity index (χ3n) is 5.63. The van der Waals surface area contributed by atoms with E-state index in [9.17, 15) is 4.57 Å². The average molecular weight is 553 g/mol. The molecule has 1 aromatic carbocycles. The van der Waals surface area contributed by atoms with E-state index in [0.29, 0.717) is 9.65 Å². The van der Waals surface area contributed by atoms with Crippen LogP contribution in [0.15, 0.2) is 30.6 Å². The Morgan fingerprint density at radius 3 is 2.55 bits per heavy atom. The fraction of sp³-hybridized carbons (Fsp3) is 0.500. The number of hydrogen-bond acceptors (Lipinski definition) is 6. The molecule has 0 saturated carbocycles. The van der Waals surface area contributed by atoms with Gasteiger partial charge in [-0.25, -0.2) is 15.0 Å². The number of anilines is 2. The van der Waals surface area contributed by atoms with Crippen LogP contribution in [-0.4, -0.2) is 38.4 Å². The van der Waals surface area contributed by atoms with E-state index in [2.05, 4.69) is 56.7 Å². The maximum absolute atomic E-state index is 13.4. The van der Waals surface area contributed by atoms with Crippen LogP contribution >= 0.6 is 29.7 Å². The van der Waals surface area contributed by atoms with Crippen molar-refractivity contribution in [2.24, 2.45) is 0 Å². The molecule has 0 spiro atoms. The van der Waals surface area contributed by atoms with Gasteiger partial charge < -0.3 is 14.6 Å². The van der Waals surface area contributed by atoms with Crippen LogP contribution in [0.5, 0.6) is 0 Å². The summed E-state index contributed by atoms with van der Waals surface area (Å²) < 4.78 is 22.0. The van der Waals surface area contributed by atoms with E-state index in [1.54, 1.807) is 6.33 Å². The summed E-state index contributed by atoms with van der Waals surface area (Å²) in [5, 5.41) is 4.35. The molecule has 1 fully saturated rings. The van der Waals surface area contributed by atoms with Gasteiger partial charge in [0.25, 0.3) is 0 Å². The van der Waals surface area contributed by atoms with Crippen LogP contribution in [0.2, 0.25) is 0 Å². The van der Waals surface area contributed by atoms with Crippen molar-refractivity contribution >= 4 is 57.7 Å². The predicted octanol–water partition coefficient (Wildman–Crippen LogP) is 5.68. The first-order valence-electron chi connectivity index (χ1n) is 11.0. The van der Waals surface area contributed by atoms with Gasteiger partial charge in [0, 0.05) is 52.5 Å². The maximum Gasteiger partial charge on any atom is 0.194 e. The zero-order chi connectivity index (χ0) is 21.8. The number of benzene rings is 1. The molecule has 166 valence electrons. The highest BCUT2D eigenvalue weighted by Gasteiger charge is 2.23. The Labute approximate surface area is 196 Å². The Kier molecular flexibility index (Phi) is 7.29. The van der Waals surface area contributed by atoms with Gasteiger partial charge >= 0.3 is 0 Å². The number of ether oxygens (including phenoxy) is 1. The molecule has 1 saturated heterocycles. The topological polar surface area (TPSA) is 81.9 Å². The van der Waals surface area contributed by atoms with Crippen LogP contribution in [0.1, 0.15) is 52.2 Å². The lowest BCUT2D eigenvalue weighted by molar-refractivity contribution is -0.0298. The molecule has 3 heterocycles. The monoisotopic (exact) mass is 553 g/mol. The molecule has 31 heavy (non-hydrogen) atoms. The van der Waals surface area contributed by atoms with Gasteiger partial charge in [0.2, 0.25) is 0 Å². The lowest BCUT2D eigenvalue weighted by Gasteiger charge is -2.23. The molecule has 0 bridgehead atoms. The Morgan fingerprint density at radius 2 is 1.90 bits per heavy atom. The standard InChI is InChI=1S/C22H29IN5O2P/c1-3-13-31(29,14-4-2)17-10-8-16(9-11-17)25-20-19-21(27-22(23)26-20)28(15-24-19)18-7-5-6-12-30-18/h8-11,15,18H,3-7,12-14H2,1-2H3,(H,25,26,27). The number of hydrogen-bond donors (Lipinski definition) is 1. The van der Waals surface area contributed by atoms with Crippen molar-refractivity contribution in [2.75, 3.05) is 24.2 Å². The van der Waals surface area contributed by atoms with E-state index in [-0.39, 0.29) is 6.23 Å². The minimum atomic E-state index is -2.32. The van der Waals surface area contributed by atoms with Gasteiger partial charge in [-0.3, -0.25) is 4.57 Å². The second-order valence-electron chi connectivity index (χ2n) is 7.99. The van der Waals surface area contributed by atoms with E-state index in [4.69, 9.17) is 4.74 Å². The van der Waals surface area contributed by atoms with Crippen LogP contribution in [0, 0.1) is 3.83 Å². The van der Waals surface area contributed by atoms with Crippen molar-refractivity contribution in [3.63, 3.8) is 0 Å². The van der Waals surface area contributed by atoms with Crippen LogP contribution in [0.4, 0.5) is 11.5 Å². The van der Waals surface area contributed by atoms with Gasteiger partial charge in [0.05, 0.1) is 6.33 Å². The maximum atomic E-state index is 13.4. The van der Waals surface area contributed by atoms with Crippen molar-refractivity contribution in [1.82, 2.24) is 19.5 Å². The summed E-state index contributed by atoms with van der Waals surface area (Å²) in [5.74, 6) is 0.669. The average Bonchev–Trinajstić information content (AvgIpc) is 3.19. The molecule has 3 aromatic rings. The van der Waals surface area contributed by atoms with E-state index in [1.807, 2.05) is 28.8 Å². The van der Waals surface area contributed by atoms with Gasteiger partial charge in [-0.15, -0.1) is 0 Å². The van der Waals surface area contributed by atoms with Gasteiger partial charge in [0.15, 0.2) is 20.8 Å². The smallest absolute Gasteiger partial charge is 0.194 e. The van der Waals surface area contributed by atoms with E-state index >= 15 is 0 Å². The quantitative estimate of drug-likeness (QED) is 0.220. The molecule has 4 rings (SSSR count). The van der Waals surface area contributed by atoms with Gasteiger partial charge in [0.1, 0.15) is 13.4 Å². The Hall–Kier alpha value is -1.51. The number of imidazole rings is 1. The second-order valence-corrected chi connectivity index (χ2v) is 12.1. The molecule has 0 amide bonds. The Morgan fingerprint density at radius 1 is 1.16 bits per heavy atom.